The number of phenolic OH excluding ortho intramolecular Hbond substituents is 1. The van der Waals surface area contributed by atoms with Crippen molar-refractivity contribution >= 4 is 29.7 Å². The van der Waals surface area contributed by atoms with E-state index in [4.69, 9.17) is 22.9 Å². The lowest BCUT2D eigenvalue weighted by molar-refractivity contribution is -0.142. The van der Waals surface area contributed by atoms with Gasteiger partial charge in [-0.25, -0.2) is 4.79 Å². The van der Waals surface area contributed by atoms with Crippen LogP contribution >= 0.6 is 0 Å². The van der Waals surface area contributed by atoms with E-state index in [9.17, 15) is 34.5 Å². The summed E-state index contributed by atoms with van der Waals surface area (Å²) in [4.78, 5) is 54.3. The maximum atomic E-state index is 13.2. The van der Waals surface area contributed by atoms with Crippen molar-refractivity contribution in [3.63, 3.8) is 0 Å². The van der Waals surface area contributed by atoms with Crippen molar-refractivity contribution in [3.05, 3.63) is 29.8 Å². The van der Waals surface area contributed by atoms with Crippen molar-refractivity contribution in [1.29, 1.82) is 0 Å². The molecule has 0 fully saturated rings. The van der Waals surface area contributed by atoms with Gasteiger partial charge in [0.2, 0.25) is 17.7 Å². The Labute approximate surface area is 226 Å². The predicted molar refractivity (Wildman–Crippen MR) is 143 cm³/mol. The fraction of sp³-hybridized carbons (Fsp3) is 0.542. The Bertz CT molecular complexity index is 970. The first kappa shape index (κ1) is 33.1. The number of carboxylic acids is 1. The van der Waals surface area contributed by atoms with Crippen molar-refractivity contribution in [2.24, 2.45) is 27.9 Å². The Balaban J connectivity index is 3.15. The molecule has 15 nitrogen and oxygen atoms in total. The Morgan fingerprint density at radius 1 is 0.846 bits per heavy atom. The summed E-state index contributed by atoms with van der Waals surface area (Å²) in [6, 6.07) is 1.02. The zero-order valence-corrected chi connectivity index (χ0v) is 21.7. The van der Waals surface area contributed by atoms with Gasteiger partial charge in [0.1, 0.15) is 29.9 Å². The summed E-state index contributed by atoms with van der Waals surface area (Å²) >= 11 is 0. The highest BCUT2D eigenvalue weighted by molar-refractivity contribution is 5.94. The van der Waals surface area contributed by atoms with Crippen LogP contribution in [-0.4, -0.2) is 88.8 Å². The quantitative estimate of drug-likeness (QED) is 0.0496. The molecule has 0 aliphatic heterocycles. The minimum atomic E-state index is -1.28. The number of aliphatic hydroxyl groups excluding tert-OH is 1. The van der Waals surface area contributed by atoms with Crippen molar-refractivity contribution < 1.29 is 34.5 Å². The number of nitrogens with two attached hydrogens (primary N) is 4. The summed E-state index contributed by atoms with van der Waals surface area (Å²) in [5, 5.41) is 35.8. The summed E-state index contributed by atoms with van der Waals surface area (Å²) < 4.78 is 0. The van der Waals surface area contributed by atoms with Crippen LogP contribution in [0, 0.1) is 0 Å². The first-order chi connectivity index (χ1) is 18.5. The molecule has 0 saturated heterocycles. The van der Waals surface area contributed by atoms with Gasteiger partial charge in [0.25, 0.3) is 0 Å². The molecule has 4 unspecified atom stereocenters. The Hall–Kier alpha value is -3.95. The van der Waals surface area contributed by atoms with Gasteiger partial charge >= 0.3 is 5.97 Å². The maximum absolute atomic E-state index is 13.2. The fourth-order valence-electron chi connectivity index (χ4n) is 3.51. The van der Waals surface area contributed by atoms with Crippen LogP contribution in [-0.2, 0) is 25.6 Å². The molecule has 0 aromatic heterocycles. The zero-order chi connectivity index (χ0) is 29.4. The number of phenols is 1. The van der Waals surface area contributed by atoms with E-state index in [0.717, 1.165) is 0 Å². The number of aliphatic carboxylic acids is 1. The second-order valence-corrected chi connectivity index (χ2v) is 8.91. The second kappa shape index (κ2) is 17.5. The number of carbonyl (C=O) groups is 4. The minimum absolute atomic E-state index is 0.00148. The molecule has 1 aromatic rings. The summed E-state index contributed by atoms with van der Waals surface area (Å²) in [6.07, 6.45) is 1.49. The third-order valence-corrected chi connectivity index (χ3v) is 5.68. The number of carbonyl (C=O) groups excluding carboxylic acids is 3. The molecule has 1 aromatic carbocycles. The molecule has 15 heteroatoms. The fourth-order valence-corrected chi connectivity index (χ4v) is 3.51. The SMILES string of the molecule is NCCCCC(NC(=O)C(Cc1ccc(O)cc1)NC(=O)C(CCCN=C(N)N)NC(=O)C(N)CO)C(=O)O. The number of nitrogens with zero attached hydrogens (tertiary/aromatic N) is 1. The average Bonchev–Trinajstić information content (AvgIpc) is 2.89. The lowest BCUT2D eigenvalue weighted by Gasteiger charge is -2.25. The molecular formula is C24H40N8O7. The first-order valence-corrected chi connectivity index (χ1v) is 12.5. The lowest BCUT2D eigenvalue weighted by atomic mass is 10.0. The summed E-state index contributed by atoms with van der Waals surface area (Å²) in [6.45, 7) is -0.120. The number of benzene rings is 1. The molecule has 0 aliphatic rings. The van der Waals surface area contributed by atoms with Crippen LogP contribution in [0.3, 0.4) is 0 Å². The van der Waals surface area contributed by atoms with Gasteiger partial charge in [-0.05, 0) is 56.3 Å². The number of rotatable bonds is 18. The van der Waals surface area contributed by atoms with E-state index in [0.29, 0.717) is 24.9 Å². The molecule has 0 heterocycles. The number of aliphatic hydroxyl groups is 1. The van der Waals surface area contributed by atoms with Crippen molar-refractivity contribution in [1.82, 2.24) is 16.0 Å². The molecule has 218 valence electrons. The number of guanidine groups is 1. The van der Waals surface area contributed by atoms with Crippen LogP contribution in [0.25, 0.3) is 0 Å². The van der Waals surface area contributed by atoms with Crippen LogP contribution in [0.15, 0.2) is 29.3 Å². The number of unbranched alkanes of at least 4 members (excludes halogenated alkanes) is 1. The normalized spacial score (nSPS) is 13.8. The molecule has 0 aliphatic carbocycles. The van der Waals surface area contributed by atoms with Crippen molar-refractivity contribution in [3.8, 4) is 5.75 Å². The topological polar surface area (TPSA) is 282 Å². The predicted octanol–water partition coefficient (Wildman–Crippen LogP) is -3.02. The molecule has 1 rings (SSSR count). The molecule has 0 bridgehead atoms. The molecule has 4 atom stereocenters. The van der Waals surface area contributed by atoms with Gasteiger partial charge in [0.05, 0.1) is 6.61 Å². The molecule has 0 radical (unpaired) electrons. The van der Waals surface area contributed by atoms with Gasteiger partial charge in [0, 0.05) is 13.0 Å². The smallest absolute Gasteiger partial charge is 0.326 e. The summed E-state index contributed by atoms with van der Waals surface area (Å²) in [5.41, 5.74) is 22.2. The van der Waals surface area contributed by atoms with E-state index in [-0.39, 0.29) is 43.9 Å². The summed E-state index contributed by atoms with van der Waals surface area (Å²) in [7, 11) is 0. The zero-order valence-electron chi connectivity index (χ0n) is 21.7. The Morgan fingerprint density at radius 2 is 1.41 bits per heavy atom. The first-order valence-electron chi connectivity index (χ1n) is 12.5. The lowest BCUT2D eigenvalue weighted by Crippen LogP contribution is -2.58. The van der Waals surface area contributed by atoms with E-state index >= 15 is 0 Å². The molecule has 39 heavy (non-hydrogen) atoms. The maximum Gasteiger partial charge on any atom is 0.326 e. The average molecular weight is 553 g/mol. The van der Waals surface area contributed by atoms with E-state index in [1.165, 1.54) is 12.1 Å². The van der Waals surface area contributed by atoms with Gasteiger partial charge in [-0.2, -0.15) is 0 Å². The highest BCUT2D eigenvalue weighted by atomic mass is 16.4. The van der Waals surface area contributed by atoms with Crippen molar-refractivity contribution in [2.75, 3.05) is 19.7 Å². The number of hydrogen-bond donors (Lipinski definition) is 10. The van der Waals surface area contributed by atoms with E-state index < -0.39 is 54.5 Å². The largest absolute Gasteiger partial charge is 0.508 e. The summed E-state index contributed by atoms with van der Waals surface area (Å²) in [5.74, 6) is -3.67. The molecular weight excluding hydrogens is 512 g/mol. The van der Waals surface area contributed by atoms with Crippen LogP contribution in [0.4, 0.5) is 0 Å². The number of aliphatic imine (C=N–C) groups is 1. The standard InChI is InChI=1S/C24H40N8O7/c25-10-2-1-4-18(23(38)39)31-22(37)19(12-14-6-8-15(34)9-7-14)32-21(36)17(5-3-11-29-24(27)28)30-20(35)16(26)13-33/h6-9,16-19,33-34H,1-5,10-13,25-26H2,(H,30,35)(H,31,37)(H,32,36)(H,38,39)(H4,27,28,29). The Morgan fingerprint density at radius 3 is 1.97 bits per heavy atom. The highest BCUT2D eigenvalue weighted by Crippen LogP contribution is 2.12. The Kier molecular flexibility index (Phi) is 14.9. The third kappa shape index (κ3) is 12.9. The number of nitrogens with one attached hydrogen (secondary N) is 3. The monoisotopic (exact) mass is 552 g/mol. The van der Waals surface area contributed by atoms with Crippen LogP contribution in [0.1, 0.15) is 37.7 Å². The van der Waals surface area contributed by atoms with Gasteiger partial charge in [-0.3, -0.25) is 19.4 Å². The van der Waals surface area contributed by atoms with E-state index in [1.54, 1.807) is 12.1 Å². The van der Waals surface area contributed by atoms with E-state index in [2.05, 4.69) is 20.9 Å². The number of amides is 3. The van der Waals surface area contributed by atoms with E-state index in [1.807, 2.05) is 0 Å². The van der Waals surface area contributed by atoms with Crippen molar-refractivity contribution in [2.45, 2.75) is 62.7 Å². The van der Waals surface area contributed by atoms with Gasteiger partial charge < -0.3 is 54.2 Å². The van der Waals surface area contributed by atoms with Gasteiger partial charge in [0.15, 0.2) is 5.96 Å². The third-order valence-electron chi connectivity index (χ3n) is 5.68. The number of aromatic hydroxyl groups is 1. The van der Waals surface area contributed by atoms with Gasteiger partial charge in [-0.15, -0.1) is 0 Å². The van der Waals surface area contributed by atoms with Gasteiger partial charge in [-0.1, -0.05) is 12.1 Å². The molecule has 14 N–H and O–H groups in total. The molecule has 3 amide bonds. The number of carboxylic acid groups (broad SMARTS) is 1. The highest BCUT2D eigenvalue weighted by Gasteiger charge is 2.30. The molecule has 0 spiro atoms. The molecule has 0 saturated carbocycles. The van der Waals surface area contributed by atoms with Crippen LogP contribution < -0.4 is 38.9 Å². The number of hydrogen-bond acceptors (Lipinski definition) is 9. The van der Waals surface area contributed by atoms with Crippen LogP contribution in [0.2, 0.25) is 0 Å². The van der Waals surface area contributed by atoms with Crippen LogP contribution in [0.5, 0.6) is 5.75 Å². The minimum Gasteiger partial charge on any atom is -0.508 e. The second-order valence-electron chi connectivity index (χ2n) is 8.91.